The summed E-state index contributed by atoms with van der Waals surface area (Å²) in [5.74, 6) is -1.39. The van der Waals surface area contributed by atoms with Gasteiger partial charge in [-0.1, -0.05) is 24.3 Å². The second-order valence-corrected chi connectivity index (χ2v) is 8.91. The van der Waals surface area contributed by atoms with Crippen molar-refractivity contribution in [3.8, 4) is 5.75 Å². The lowest BCUT2D eigenvalue weighted by Crippen LogP contribution is -2.46. The molecule has 0 radical (unpaired) electrons. The average Bonchev–Trinajstić information content (AvgIpc) is 3.54. The van der Waals surface area contributed by atoms with E-state index in [1.165, 1.54) is 19.4 Å². The SMILES string of the molecule is COc1cc2c(=O)c(C(=O)C[N+](=O)[O-])cn(C3CC3)c2c(F)c1N1CC2C=CC=CC2(N)C1. The number of halogens is 1. The smallest absolute Gasteiger partial charge is 0.266 e. The molecule has 0 amide bonds. The number of hydrogen-bond acceptors (Lipinski definition) is 7. The highest BCUT2D eigenvalue weighted by Crippen LogP contribution is 2.44. The molecule has 172 valence electrons. The lowest BCUT2D eigenvalue weighted by molar-refractivity contribution is -0.465. The van der Waals surface area contributed by atoms with Crippen molar-refractivity contribution in [3.05, 3.63) is 68.3 Å². The molecule has 2 unspecified atom stereocenters. The van der Waals surface area contributed by atoms with Crippen LogP contribution in [0.3, 0.4) is 0 Å². The molecule has 2 N–H and O–H groups in total. The maximum atomic E-state index is 16.2. The second-order valence-electron chi connectivity index (χ2n) is 8.91. The number of fused-ring (bicyclic) bond motifs is 2. The van der Waals surface area contributed by atoms with Crippen LogP contribution >= 0.6 is 0 Å². The zero-order chi connectivity index (χ0) is 23.5. The van der Waals surface area contributed by atoms with E-state index < -0.39 is 34.0 Å². The molecule has 2 fully saturated rings. The third kappa shape index (κ3) is 3.41. The van der Waals surface area contributed by atoms with Crippen LogP contribution in [0.15, 0.2) is 41.4 Å². The molecule has 1 aromatic carbocycles. The Balaban J connectivity index is 1.71. The number of allylic oxidation sites excluding steroid dienone is 2. The van der Waals surface area contributed by atoms with E-state index in [4.69, 9.17) is 10.5 Å². The van der Waals surface area contributed by atoms with Gasteiger partial charge in [0.05, 0.1) is 29.1 Å². The fourth-order valence-corrected chi connectivity index (χ4v) is 4.87. The predicted molar refractivity (Wildman–Crippen MR) is 120 cm³/mol. The van der Waals surface area contributed by atoms with Gasteiger partial charge in [-0.25, -0.2) is 4.39 Å². The number of carbonyl (C=O) groups excluding carboxylic acids is 1. The summed E-state index contributed by atoms with van der Waals surface area (Å²) in [5, 5.41) is 10.8. The number of anilines is 1. The Morgan fingerprint density at radius 2 is 2.15 bits per heavy atom. The van der Waals surface area contributed by atoms with Crippen LogP contribution in [0, 0.1) is 21.8 Å². The van der Waals surface area contributed by atoms with Crippen molar-refractivity contribution in [2.45, 2.75) is 24.4 Å². The van der Waals surface area contributed by atoms with Gasteiger partial charge in [-0.15, -0.1) is 0 Å². The molecule has 5 rings (SSSR count). The Morgan fingerprint density at radius 1 is 1.39 bits per heavy atom. The summed E-state index contributed by atoms with van der Waals surface area (Å²) < 4.78 is 23.2. The van der Waals surface area contributed by atoms with Crippen LogP contribution in [0.5, 0.6) is 5.75 Å². The summed E-state index contributed by atoms with van der Waals surface area (Å²) in [6, 6.07) is 1.34. The molecule has 1 saturated carbocycles. The lowest BCUT2D eigenvalue weighted by atomic mass is 9.85. The topological polar surface area (TPSA) is 121 Å². The van der Waals surface area contributed by atoms with E-state index in [2.05, 4.69) is 0 Å². The normalized spacial score (nSPS) is 23.7. The number of ether oxygens (including phenoxy) is 1. The van der Waals surface area contributed by atoms with Gasteiger partial charge in [0.15, 0.2) is 5.82 Å². The molecule has 2 atom stereocenters. The summed E-state index contributed by atoms with van der Waals surface area (Å²) in [6.45, 7) is -0.161. The quantitative estimate of drug-likeness (QED) is 0.404. The van der Waals surface area contributed by atoms with Crippen LogP contribution in [0.2, 0.25) is 0 Å². The number of pyridine rings is 1. The second kappa shape index (κ2) is 7.51. The molecular formula is C23H23FN4O5. The Hall–Kier alpha value is -3.53. The molecule has 0 spiro atoms. The molecule has 2 aliphatic carbocycles. The average molecular weight is 454 g/mol. The summed E-state index contributed by atoms with van der Waals surface area (Å²) in [7, 11) is 1.38. The minimum Gasteiger partial charge on any atom is -0.494 e. The molecule has 33 heavy (non-hydrogen) atoms. The first-order chi connectivity index (χ1) is 15.7. The standard InChI is InChI=1S/C23H23FN4O5/c1-33-18-8-15-20(19(24)21(18)26-9-13-4-2-3-7-23(13,25)12-26)27(14-5-6-14)10-16(22(15)30)17(29)11-28(31)32/h2-4,7-8,10,13-14H,5-6,9,11-12,25H2,1H3. The molecule has 2 aromatic rings. The predicted octanol–water partition coefficient (Wildman–Crippen LogP) is 2.20. The summed E-state index contributed by atoms with van der Waals surface area (Å²) in [4.78, 5) is 37.4. The molecule has 1 aliphatic heterocycles. The number of rotatable bonds is 6. The highest BCUT2D eigenvalue weighted by molar-refractivity contribution is 6.00. The zero-order valence-corrected chi connectivity index (χ0v) is 18.0. The van der Waals surface area contributed by atoms with E-state index >= 15 is 4.39 Å². The number of Topliss-reactive ketones (excluding diaryl/α,β-unsaturated/α-hetero) is 1. The van der Waals surface area contributed by atoms with Crippen molar-refractivity contribution in [2.24, 2.45) is 11.7 Å². The number of benzene rings is 1. The van der Waals surface area contributed by atoms with Gasteiger partial charge in [0.25, 0.3) is 6.54 Å². The van der Waals surface area contributed by atoms with Crippen molar-refractivity contribution in [2.75, 3.05) is 31.6 Å². The van der Waals surface area contributed by atoms with Crippen LogP contribution in [-0.2, 0) is 0 Å². The highest BCUT2D eigenvalue weighted by Gasteiger charge is 2.43. The number of nitrogens with zero attached hydrogens (tertiary/aromatic N) is 3. The Labute approximate surface area is 188 Å². The van der Waals surface area contributed by atoms with Crippen molar-refractivity contribution >= 4 is 22.4 Å². The zero-order valence-electron chi connectivity index (χ0n) is 18.0. The van der Waals surface area contributed by atoms with Crippen molar-refractivity contribution in [1.82, 2.24) is 4.57 Å². The molecular weight excluding hydrogens is 431 g/mol. The van der Waals surface area contributed by atoms with Gasteiger partial charge < -0.3 is 19.9 Å². The van der Waals surface area contributed by atoms with Crippen molar-refractivity contribution < 1.29 is 18.8 Å². The molecule has 9 nitrogen and oxygen atoms in total. The summed E-state index contributed by atoms with van der Waals surface area (Å²) in [6.07, 6.45) is 10.5. The highest BCUT2D eigenvalue weighted by atomic mass is 19.1. The van der Waals surface area contributed by atoms with Crippen LogP contribution in [0.25, 0.3) is 10.9 Å². The maximum absolute atomic E-state index is 16.2. The van der Waals surface area contributed by atoms with E-state index in [9.17, 15) is 19.7 Å². The molecule has 1 aromatic heterocycles. The molecule has 2 heterocycles. The third-order valence-corrected chi connectivity index (χ3v) is 6.68. The van der Waals surface area contributed by atoms with E-state index in [1.807, 2.05) is 29.2 Å². The number of methoxy groups -OCH3 is 1. The van der Waals surface area contributed by atoms with E-state index in [-0.39, 0.29) is 39.9 Å². The molecule has 1 saturated heterocycles. The van der Waals surface area contributed by atoms with Gasteiger partial charge in [0.1, 0.15) is 11.4 Å². The van der Waals surface area contributed by atoms with E-state index in [0.717, 1.165) is 12.8 Å². The number of nitro groups is 1. The Kier molecular flexibility index (Phi) is 4.86. The first-order valence-electron chi connectivity index (χ1n) is 10.7. The van der Waals surface area contributed by atoms with Crippen LogP contribution in [0.1, 0.15) is 29.2 Å². The summed E-state index contributed by atoms with van der Waals surface area (Å²) >= 11 is 0. The maximum Gasteiger partial charge on any atom is 0.266 e. The van der Waals surface area contributed by atoms with Crippen LogP contribution < -0.4 is 20.8 Å². The molecule has 0 bridgehead atoms. The van der Waals surface area contributed by atoms with Gasteiger partial charge in [-0.05, 0) is 18.9 Å². The van der Waals surface area contributed by atoms with E-state index in [1.54, 1.807) is 4.57 Å². The number of aromatic nitrogens is 1. The first-order valence-corrected chi connectivity index (χ1v) is 10.7. The third-order valence-electron chi connectivity index (χ3n) is 6.68. The van der Waals surface area contributed by atoms with Crippen molar-refractivity contribution in [1.29, 1.82) is 0 Å². The first kappa shape index (κ1) is 21.3. The number of carbonyl (C=O) groups is 1. The summed E-state index contributed by atoms with van der Waals surface area (Å²) in [5.41, 5.74) is 5.14. The Bertz CT molecular complexity index is 1310. The van der Waals surface area contributed by atoms with Gasteiger partial charge in [-0.3, -0.25) is 19.7 Å². The largest absolute Gasteiger partial charge is 0.494 e. The monoisotopic (exact) mass is 454 g/mol. The fourth-order valence-electron chi connectivity index (χ4n) is 4.87. The minimum absolute atomic E-state index is 0.00458. The van der Waals surface area contributed by atoms with Crippen LogP contribution in [0.4, 0.5) is 10.1 Å². The number of nitrogens with two attached hydrogens (primary N) is 1. The lowest BCUT2D eigenvalue weighted by Gasteiger charge is -2.27. The fraction of sp³-hybridized carbons (Fsp3) is 0.391. The van der Waals surface area contributed by atoms with Gasteiger partial charge in [-0.2, -0.15) is 0 Å². The number of hydrogen-bond donors (Lipinski definition) is 1. The van der Waals surface area contributed by atoms with Crippen molar-refractivity contribution in [3.63, 3.8) is 0 Å². The molecule has 3 aliphatic rings. The van der Waals surface area contributed by atoms with Gasteiger partial charge >= 0.3 is 0 Å². The van der Waals surface area contributed by atoms with E-state index in [0.29, 0.717) is 13.1 Å². The Morgan fingerprint density at radius 3 is 2.79 bits per heavy atom. The van der Waals surface area contributed by atoms with Gasteiger partial charge in [0.2, 0.25) is 11.2 Å². The van der Waals surface area contributed by atoms with Crippen LogP contribution in [-0.4, -0.2) is 47.6 Å². The molecule has 10 heteroatoms. The van der Waals surface area contributed by atoms with Gasteiger partial charge in [0, 0.05) is 36.2 Å². The minimum atomic E-state index is -1.00. The number of ketones is 1.